The highest BCUT2D eigenvalue weighted by atomic mass is 16.2. The predicted molar refractivity (Wildman–Crippen MR) is 70.0 cm³/mol. The Hall–Kier alpha value is -1.46. The second-order valence-electron chi connectivity index (χ2n) is 4.61. The van der Waals surface area contributed by atoms with Crippen LogP contribution in [0.15, 0.2) is 24.4 Å². The first kappa shape index (κ1) is 13.0. The van der Waals surface area contributed by atoms with Crippen molar-refractivity contribution in [1.29, 1.82) is 0 Å². The Bertz CT molecular complexity index is 374. The molecular formula is C13H20N4O. The number of nitrogens with zero attached hydrogens (tertiary/aromatic N) is 3. The van der Waals surface area contributed by atoms with Crippen LogP contribution in [0.3, 0.4) is 0 Å². The molecule has 0 bridgehead atoms. The minimum absolute atomic E-state index is 0.180. The summed E-state index contributed by atoms with van der Waals surface area (Å²) >= 11 is 0. The van der Waals surface area contributed by atoms with Gasteiger partial charge in [-0.1, -0.05) is 6.07 Å². The maximum Gasteiger partial charge on any atom is 0.236 e. The van der Waals surface area contributed by atoms with Gasteiger partial charge in [-0.05, 0) is 19.2 Å². The summed E-state index contributed by atoms with van der Waals surface area (Å²) in [7, 11) is 2.08. The summed E-state index contributed by atoms with van der Waals surface area (Å²) in [4.78, 5) is 20.3. The number of carbonyl (C=O) groups is 1. The second-order valence-corrected chi connectivity index (χ2v) is 4.61. The molecule has 0 radical (unpaired) electrons. The van der Waals surface area contributed by atoms with E-state index in [1.165, 1.54) is 0 Å². The van der Waals surface area contributed by atoms with Crippen molar-refractivity contribution in [2.75, 3.05) is 39.8 Å². The standard InChI is InChI=1S/C13H20N4O/c1-16-6-8-17(9-7-16)13(18)11-14-10-12-4-2-3-5-15-12/h2-5,14H,6-11H2,1H3. The molecule has 18 heavy (non-hydrogen) atoms. The number of amides is 1. The average Bonchev–Trinajstić information content (AvgIpc) is 2.40. The van der Waals surface area contributed by atoms with Crippen LogP contribution in [0.5, 0.6) is 0 Å². The van der Waals surface area contributed by atoms with Crippen LogP contribution in [0.2, 0.25) is 0 Å². The van der Waals surface area contributed by atoms with Crippen molar-refractivity contribution < 1.29 is 4.79 Å². The summed E-state index contributed by atoms with van der Waals surface area (Å²) in [5.41, 5.74) is 0.962. The van der Waals surface area contributed by atoms with Gasteiger partial charge >= 0.3 is 0 Å². The summed E-state index contributed by atoms with van der Waals surface area (Å²) in [6.45, 7) is 4.62. The molecule has 0 saturated carbocycles. The number of pyridine rings is 1. The first-order chi connectivity index (χ1) is 8.75. The first-order valence-electron chi connectivity index (χ1n) is 6.32. The minimum Gasteiger partial charge on any atom is -0.339 e. The lowest BCUT2D eigenvalue weighted by Crippen LogP contribution is -2.49. The maximum atomic E-state index is 11.9. The normalized spacial score (nSPS) is 16.8. The van der Waals surface area contributed by atoms with Crippen molar-refractivity contribution in [3.05, 3.63) is 30.1 Å². The van der Waals surface area contributed by atoms with Crippen LogP contribution in [0.1, 0.15) is 5.69 Å². The van der Waals surface area contributed by atoms with Crippen molar-refractivity contribution in [1.82, 2.24) is 20.1 Å². The molecule has 1 N–H and O–H groups in total. The Balaban J connectivity index is 1.69. The molecule has 1 amide bonds. The fraction of sp³-hybridized carbons (Fsp3) is 0.538. The number of piperazine rings is 1. The molecule has 1 aromatic heterocycles. The van der Waals surface area contributed by atoms with Crippen LogP contribution in [0, 0.1) is 0 Å². The average molecular weight is 248 g/mol. The van der Waals surface area contributed by atoms with E-state index in [1.54, 1.807) is 6.20 Å². The Labute approximate surface area is 108 Å². The van der Waals surface area contributed by atoms with Crippen molar-refractivity contribution in [3.63, 3.8) is 0 Å². The number of hydrogen-bond acceptors (Lipinski definition) is 4. The number of rotatable bonds is 4. The van der Waals surface area contributed by atoms with Crippen LogP contribution in [0.4, 0.5) is 0 Å². The number of likely N-dealkylation sites (N-methyl/N-ethyl adjacent to an activating group) is 1. The SMILES string of the molecule is CN1CCN(C(=O)CNCc2ccccn2)CC1. The highest BCUT2D eigenvalue weighted by Gasteiger charge is 2.18. The van der Waals surface area contributed by atoms with E-state index in [0.717, 1.165) is 31.9 Å². The predicted octanol–water partition coefficient (Wildman–Crippen LogP) is -0.0548. The van der Waals surface area contributed by atoms with Gasteiger partial charge in [0.15, 0.2) is 0 Å². The molecule has 1 saturated heterocycles. The lowest BCUT2D eigenvalue weighted by Gasteiger charge is -2.32. The highest BCUT2D eigenvalue weighted by molar-refractivity contribution is 5.78. The van der Waals surface area contributed by atoms with Crippen molar-refractivity contribution in [2.24, 2.45) is 0 Å². The van der Waals surface area contributed by atoms with E-state index in [2.05, 4.69) is 22.2 Å². The van der Waals surface area contributed by atoms with Gasteiger partial charge in [-0.3, -0.25) is 9.78 Å². The lowest BCUT2D eigenvalue weighted by atomic mass is 10.3. The number of aromatic nitrogens is 1. The number of nitrogens with one attached hydrogen (secondary N) is 1. The summed E-state index contributed by atoms with van der Waals surface area (Å²) in [6.07, 6.45) is 1.76. The third-order valence-electron chi connectivity index (χ3n) is 3.16. The summed E-state index contributed by atoms with van der Waals surface area (Å²) in [6, 6.07) is 5.79. The van der Waals surface area contributed by atoms with Gasteiger partial charge in [-0.25, -0.2) is 0 Å². The first-order valence-corrected chi connectivity index (χ1v) is 6.32. The van der Waals surface area contributed by atoms with Crippen molar-refractivity contribution in [3.8, 4) is 0 Å². The fourth-order valence-electron chi connectivity index (χ4n) is 1.97. The highest BCUT2D eigenvalue weighted by Crippen LogP contribution is 1.99. The van der Waals surface area contributed by atoms with Gasteiger partial charge in [-0.15, -0.1) is 0 Å². The van der Waals surface area contributed by atoms with Gasteiger partial charge in [0.05, 0.1) is 12.2 Å². The Morgan fingerprint density at radius 1 is 1.33 bits per heavy atom. The molecule has 2 rings (SSSR count). The summed E-state index contributed by atoms with van der Waals surface area (Å²) in [5, 5.41) is 3.14. The van der Waals surface area contributed by atoms with Crippen molar-refractivity contribution >= 4 is 5.91 Å². The zero-order valence-corrected chi connectivity index (χ0v) is 10.8. The Morgan fingerprint density at radius 3 is 2.78 bits per heavy atom. The smallest absolute Gasteiger partial charge is 0.236 e. The summed E-state index contributed by atoms with van der Waals surface area (Å²) < 4.78 is 0. The topological polar surface area (TPSA) is 48.5 Å². The van der Waals surface area contributed by atoms with E-state index in [4.69, 9.17) is 0 Å². The molecule has 1 fully saturated rings. The fourth-order valence-corrected chi connectivity index (χ4v) is 1.97. The van der Waals surface area contributed by atoms with E-state index in [0.29, 0.717) is 13.1 Å². The molecule has 0 aromatic carbocycles. The van der Waals surface area contributed by atoms with E-state index < -0.39 is 0 Å². The maximum absolute atomic E-state index is 11.9. The molecule has 0 unspecified atom stereocenters. The third kappa shape index (κ3) is 3.78. The Morgan fingerprint density at radius 2 is 2.11 bits per heavy atom. The monoisotopic (exact) mass is 248 g/mol. The van der Waals surface area contributed by atoms with Gasteiger partial charge in [0.25, 0.3) is 0 Å². The van der Waals surface area contributed by atoms with Crippen LogP contribution < -0.4 is 5.32 Å². The molecule has 2 heterocycles. The van der Waals surface area contributed by atoms with Gasteiger partial charge in [-0.2, -0.15) is 0 Å². The van der Waals surface area contributed by atoms with Crippen LogP contribution >= 0.6 is 0 Å². The van der Waals surface area contributed by atoms with Crippen LogP contribution in [-0.4, -0.2) is 60.5 Å². The van der Waals surface area contributed by atoms with Gasteiger partial charge in [0.2, 0.25) is 5.91 Å². The molecule has 0 spiro atoms. The van der Waals surface area contributed by atoms with E-state index in [-0.39, 0.29) is 5.91 Å². The zero-order valence-electron chi connectivity index (χ0n) is 10.8. The van der Waals surface area contributed by atoms with Gasteiger partial charge < -0.3 is 15.1 Å². The quantitative estimate of drug-likeness (QED) is 0.811. The lowest BCUT2D eigenvalue weighted by molar-refractivity contribution is -0.131. The molecule has 1 aliphatic rings. The molecule has 0 aliphatic carbocycles. The molecule has 98 valence electrons. The minimum atomic E-state index is 0.180. The van der Waals surface area contributed by atoms with E-state index >= 15 is 0 Å². The van der Waals surface area contributed by atoms with Crippen LogP contribution in [-0.2, 0) is 11.3 Å². The Kier molecular flexibility index (Phi) is 4.66. The molecule has 5 nitrogen and oxygen atoms in total. The van der Waals surface area contributed by atoms with Crippen molar-refractivity contribution in [2.45, 2.75) is 6.54 Å². The molecular weight excluding hydrogens is 228 g/mol. The van der Waals surface area contributed by atoms with E-state index in [1.807, 2.05) is 23.1 Å². The third-order valence-corrected chi connectivity index (χ3v) is 3.16. The van der Waals surface area contributed by atoms with E-state index in [9.17, 15) is 4.79 Å². The summed E-state index contributed by atoms with van der Waals surface area (Å²) in [5.74, 6) is 0.180. The molecule has 1 aromatic rings. The number of carbonyl (C=O) groups excluding carboxylic acids is 1. The molecule has 1 aliphatic heterocycles. The zero-order chi connectivity index (χ0) is 12.8. The number of hydrogen-bond donors (Lipinski definition) is 1. The molecule has 0 atom stereocenters. The molecule has 5 heteroatoms. The van der Waals surface area contributed by atoms with Gasteiger partial charge in [0, 0.05) is 38.9 Å². The van der Waals surface area contributed by atoms with Gasteiger partial charge in [0.1, 0.15) is 0 Å². The second kappa shape index (κ2) is 6.47. The largest absolute Gasteiger partial charge is 0.339 e. The van der Waals surface area contributed by atoms with Crippen LogP contribution in [0.25, 0.3) is 0 Å².